The molecule has 1 aliphatic rings. The Kier molecular flexibility index (Phi) is 9.33. The number of likely N-dealkylation sites (tertiary alicyclic amines) is 1. The summed E-state index contributed by atoms with van der Waals surface area (Å²) in [7, 11) is -3.86. The second-order valence-corrected chi connectivity index (χ2v) is 13.1. The molecule has 2 N–H and O–H groups in total. The topological polar surface area (TPSA) is 103 Å². The molecule has 1 saturated heterocycles. The predicted octanol–water partition coefficient (Wildman–Crippen LogP) is 5.23. The number of anilines is 1. The van der Waals surface area contributed by atoms with Crippen molar-refractivity contribution < 1.29 is 22.7 Å². The third kappa shape index (κ3) is 7.34. The number of nitrogens with one attached hydrogen (secondary N) is 1. The highest BCUT2D eigenvalue weighted by atomic mass is 35.5. The number of rotatable bonds is 10. The summed E-state index contributed by atoms with van der Waals surface area (Å²) in [6, 6.07) is 20.9. The van der Waals surface area contributed by atoms with Gasteiger partial charge in [0, 0.05) is 47.6 Å². The molecule has 224 valence electrons. The Morgan fingerprint density at radius 3 is 2.07 bits per heavy atom. The number of amides is 1. The molecule has 1 fully saturated rings. The highest BCUT2D eigenvalue weighted by Crippen LogP contribution is 2.37. The molecule has 43 heavy (non-hydrogen) atoms. The number of carbonyl (C=O) groups is 1. The van der Waals surface area contributed by atoms with Gasteiger partial charge in [0.15, 0.2) is 0 Å². The van der Waals surface area contributed by atoms with Gasteiger partial charge in [-0.05, 0) is 71.3 Å². The fourth-order valence-electron chi connectivity index (χ4n) is 5.25. The number of nitrogens with zero attached hydrogens (tertiary/aromatic N) is 3. The van der Waals surface area contributed by atoms with Crippen molar-refractivity contribution >= 4 is 44.8 Å². The zero-order valence-electron chi connectivity index (χ0n) is 23.1. The second kappa shape index (κ2) is 13.0. The van der Waals surface area contributed by atoms with Crippen molar-refractivity contribution in [3.63, 3.8) is 0 Å². The fraction of sp³-hybridized carbons (Fsp3) is 0.226. The first-order chi connectivity index (χ1) is 20.5. The van der Waals surface area contributed by atoms with E-state index in [1.165, 1.54) is 18.5 Å². The van der Waals surface area contributed by atoms with E-state index in [1.807, 2.05) is 24.3 Å². The molecule has 0 bridgehead atoms. The number of hydrogen-bond acceptors (Lipinski definition) is 6. The van der Waals surface area contributed by atoms with Crippen molar-refractivity contribution in [2.24, 2.45) is 0 Å². The molecule has 3 aromatic carbocycles. The van der Waals surface area contributed by atoms with E-state index in [0.717, 1.165) is 33.8 Å². The Morgan fingerprint density at radius 2 is 1.53 bits per heavy atom. The van der Waals surface area contributed by atoms with Gasteiger partial charge in [0.05, 0.1) is 30.1 Å². The number of pyridine rings is 1. The summed E-state index contributed by atoms with van der Waals surface area (Å²) < 4.78 is 42.0. The summed E-state index contributed by atoms with van der Waals surface area (Å²) in [5.74, 6) is -1.41. The molecule has 2 heterocycles. The van der Waals surface area contributed by atoms with Gasteiger partial charge in [-0.1, -0.05) is 47.5 Å². The maximum atomic E-state index is 14.8. The number of carbonyl (C=O) groups excluding carboxylic acids is 1. The summed E-state index contributed by atoms with van der Waals surface area (Å²) in [6.45, 7) is 0.567. The van der Waals surface area contributed by atoms with Crippen LogP contribution >= 0.6 is 23.2 Å². The second-order valence-electron chi connectivity index (χ2n) is 10.4. The summed E-state index contributed by atoms with van der Waals surface area (Å²) in [6.07, 6.45) is 3.10. The molecule has 0 saturated carbocycles. The van der Waals surface area contributed by atoms with Gasteiger partial charge in [0.2, 0.25) is 10.0 Å². The Balaban J connectivity index is 1.36. The molecule has 4 aromatic rings. The molecular formula is C31H29Cl2FN4O4S. The van der Waals surface area contributed by atoms with E-state index in [1.54, 1.807) is 36.4 Å². The van der Waals surface area contributed by atoms with Gasteiger partial charge in [-0.15, -0.1) is 0 Å². The van der Waals surface area contributed by atoms with E-state index in [4.69, 9.17) is 23.2 Å². The van der Waals surface area contributed by atoms with Crippen LogP contribution in [0.4, 0.5) is 10.1 Å². The van der Waals surface area contributed by atoms with Crippen molar-refractivity contribution in [1.82, 2.24) is 15.2 Å². The van der Waals surface area contributed by atoms with E-state index in [0.29, 0.717) is 28.7 Å². The van der Waals surface area contributed by atoms with Gasteiger partial charge in [-0.25, -0.2) is 12.8 Å². The molecule has 0 radical (unpaired) electrons. The van der Waals surface area contributed by atoms with E-state index in [-0.39, 0.29) is 23.8 Å². The van der Waals surface area contributed by atoms with E-state index < -0.39 is 33.9 Å². The lowest BCUT2D eigenvalue weighted by Gasteiger charge is -2.48. The van der Waals surface area contributed by atoms with Gasteiger partial charge >= 0.3 is 0 Å². The Bertz CT molecular complexity index is 1640. The largest absolute Gasteiger partial charge is 0.387 e. The van der Waals surface area contributed by atoms with E-state index in [9.17, 15) is 22.7 Å². The number of benzene rings is 3. The molecule has 0 aliphatic carbocycles. The van der Waals surface area contributed by atoms with Crippen LogP contribution in [0.25, 0.3) is 0 Å². The zero-order chi connectivity index (χ0) is 30.7. The summed E-state index contributed by atoms with van der Waals surface area (Å²) in [5.41, 5.74) is 2.47. The maximum absolute atomic E-state index is 14.8. The molecule has 1 atom stereocenters. The SMILES string of the molecule is CS(=O)(=O)N(c1cc(F)cc(C(=O)NCC(O)c2ccncc2)c1)C1CN(C(c2ccc(Cl)cc2)c2ccc(Cl)cc2)C1. The van der Waals surface area contributed by atoms with Crippen LogP contribution in [-0.2, 0) is 10.0 Å². The fourth-order valence-corrected chi connectivity index (χ4v) is 6.67. The summed E-state index contributed by atoms with van der Waals surface area (Å²) in [5, 5.41) is 14.2. The standard InChI is InChI=1S/C31H29Cl2FN4O4S/c1-43(41,42)38(27-15-23(14-26(34)16-27)31(40)36-17-29(39)20-10-12-35-13-11-20)28-18-37(19-28)30(21-2-6-24(32)7-3-21)22-4-8-25(33)9-5-22/h2-16,28-30,39H,17-19H2,1H3,(H,36,40). The number of hydrogen-bond donors (Lipinski definition) is 2. The first-order valence-electron chi connectivity index (χ1n) is 13.4. The minimum Gasteiger partial charge on any atom is -0.387 e. The lowest BCUT2D eigenvalue weighted by Crippen LogP contribution is -2.61. The molecular weight excluding hydrogens is 614 g/mol. The van der Waals surface area contributed by atoms with E-state index in [2.05, 4.69) is 15.2 Å². The van der Waals surface area contributed by atoms with Crippen molar-refractivity contribution in [2.75, 3.05) is 30.2 Å². The minimum atomic E-state index is -3.86. The molecule has 8 nitrogen and oxygen atoms in total. The van der Waals surface area contributed by atoms with Crippen LogP contribution in [0.1, 0.15) is 39.2 Å². The first-order valence-corrected chi connectivity index (χ1v) is 16.0. The third-order valence-electron chi connectivity index (χ3n) is 7.26. The quantitative estimate of drug-likeness (QED) is 0.246. The number of aliphatic hydroxyl groups excluding tert-OH is 1. The van der Waals surface area contributed by atoms with Crippen LogP contribution in [0.15, 0.2) is 91.3 Å². The summed E-state index contributed by atoms with van der Waals surface area (Å²) >= 11 is 12.3. The number of sulfonamides is 1. The van der Waals surface area contributed by atoms with Gasteiger partial charge in [-0.2, -0.15) is 0 Å². The Labute approximate surface area is 259 Å². The van der Waals surface area contributed by atoms with Crippen LogP contribution in [0.3, 0.4) is 0 Å². The van der Waals surface area contributed by atoms with Crippen LogP contribution in [0.5, 0.6) is 0 Å². The first kappa shape index (κ1) is 30.9. The minimum absolute atomic E-state index is 0.0431. The lowest BCUT2D eigenvalue weighted by molar-refractivity contribution is 0.0915. The van der Waals surface area contributed by atoms with Crippen molar-refractivity contribution in [1.29, 1.82) is 0 Å². The van der Waals surface area contributed by atoms with Gasteiger partial charge in [0.25, 0.3) is 5.91 Å². The Morgan fingerprint density at radius 1 is 0.977 bits per heavy atom. The number of aliphatic hydroxyl groups is 1. The molecule has 12 heteroatoms. The van der Waals surface area contributed by atoms with Crippen LogP contribution in [-0.4, -0.2) is 61.2 Å². The Hall–Kier alpha value is -3.54. The normalized spacial score (nSPS) is 14.7. The monoisotopic (exact) mass is 642 g/mol. The molecule has 1 aromatic heterocycles. The van der Waals surface area contributed by atoms with Gasteiger partial charge < -0.3 is 10.4 Å². The molecule has 0 spiro atoms. The number of aromatic nitrogens is 1. The van der Waals surface area contributed by atoms with Gasteiger partial charge in [0.1, 0.15) is 5.82 Å². The predicted molar refractivity (Wildman–Crippen MR) is 165 cm³/mol. The zero-order valence-corrected chi connectivity index (χ0v) is 25.4. The van der Waals surface area contributed by atoms with Gasteiger partial charge in [-0.3, -0.25) is 19.0 Å². The maximum Gasteiger partial charge on any atom is 0.251 e. The highest BCUT2D eigenvalue weighted by molar-refractivity contribution is 7.92. The lowest BCUT2D eigenvalue weighted by atomic mass is 9.93. The molecule has 5 rings (SSSR count). The van der Waals surface area contributed by atoms with Crippen molar-refractivity contribution in [3.8, 4) is 0 Å². The number of halogens is 3. The molecule has 1 aliphatic heterocycles. The van der Waals surface area contributed by atoms with E-state index >= 15 is 0 Å². The van der Waals surface area contributed by atoms with Crippen LogP contribution < -0.4 is 9.62 Å². The third-order valence-corrected chi connectivity index (χ3v) is 8.99. The van der Waals surface area contributed by atoms with Crippen LogP contribution in [0.2, 0.25) is 10.0 Å². The van der Waals surface area contributed by atoms with Crippen molar-refractivity contribution in [3.05, 3.63) is 129 Å². The summed E-state index contributed by atoms with van der Waals surface area (Å²) in [4.78, 5) is 18.9. The highest BCUT2D eigenvalue weighted by Gasteiger charge is 2.41. The average Bonchev–Trinajstić information content (AvgIpc) is 2.95. The smallest absolute Gasteiger partial charge is 0.251 e. The average molecular weight is 644 g/mol. The molecule has 1 unspecified atom stereocenters. The van der Waals surface area contributed by atoms with Crippen molar-refractivity contribution in [2.45, 2.75) is 18.2 Å². The van der Waals surface area contributed by atoms with Crippen LogP contribution in [0, 0.1) is 5.82 Å². The molecule has 1 amide bonds.